The Kier molecular flexibility index (Phi) is 3.97. The minimum atomic E-state index is 0.0797. The van der Waals surface area contributed by atoms with Crippen LogP contribution in [0.25, 0.3) is 0 Å². The Hall–Kier alpha value is -1.13. The highest BCUT2D eigenvalue weighted by Crippen LogP contribution is 2.19. The van der Waals surface area contributed by atoms with Gasteiger partial charge >= 0.3 is 0 Å². The van der Waals surface area contributed by atoms with Crippen LogP contribution in [0.4, 0.5) is 0 Å². The van der Waals surface area contributed by atoms with Crippen molar-refractivity contribution >= 4 is 11.3 Å². The predicted octanol–water partition coefficient (Wildman–Crippen LogP) is 2.91. The summed E-state index contributed by atoms with van der Waals surface area (Å²) in [6.45, 7) is 5.00. The van der Waals surface area contributed by atoms with E-state index in [0.29, 0.717) is 0 Å². The van der Waals surface area contributed by atoms with Gasteiger partial charge < -0.3 is 5.73 Å². The second-order valence-corrected chi connectivity index (χ2v) is 5.08. The molecule has 1 atom stereocenters. The van der Waals surface area contributed by atoms with E-state index in [-0.39, 0.29) is 6.04 Å². The molecule has 2 rings (SSSR count). The lowest BCUT2D eigenvalue weighted by Crippen LogP contribution is -2.16. The zero-order valence-electron chi connectivity index (χ0n) is 10.4. The Balaban J connectivity index is 2.01. The van der Waals surface area contributed by atoms with Crippen molar-refractivity contribution in [2.45, 2.75) is 39.3 Å². The highest BCUT2D eigenvalue weighted by atomic mass is 32.1. The molecule has 0 bridgehead atoms. The van der Waals surface area contributed by atoms with E-state index in [1.54, 1.807) is 11.3 Å². The number of aromatic nitrogens is 2. The topological polar surface area (TPSA) is 43.8 Å². The van der Waals surface area contributed by atoms with Gasteiger partial charge in [-0.15, -0.1) is 0 Å². The van der Waals surface area contributed by atoms with Crippen molar-refractivity contribution in [3.8, 4) is 0 Å². The molecule has 92 valence electrons. The van der Waals surface area contributed by atoms with Crippen LogP contribution in [0, 0.1) is 6.92 Å². The summed E-state index contributed by atoms with van der Waals surface area (Å²) < 4.78 is 2.01. The second kappa shape index (κ2) is 5.47. The molecule has 2 aromatic rings. The zero-order valence-corrected chi connectivity index (χ0v) is 11.2. The molecular weight excluding hydrogens is 230 g/mol. The van der Waals surface area contributed by atoms with E-state index < -0.39 is 0 Å². The van der Waals surface area contributed by atoms with Gasteiger partial charge in [-0.05, 0) is 55.1 Å². The first-order valence-corrected chi connectivity index (χ1v) is 6.96. The van der Waals surface area contributed by atoms with Crippen molar-refractivity contribution in [2.75, 3.05) is 0 Å². The van der Waals surface area contributed by atoms with Gasteiger partial charge in [-0.3, -0.25) is 4.68 Å². The van der Waals surface area contributed by atoms with Crippen molar-refractivity contribution in [1.82, 2.24) is 9.78 Å². The van der Waals surface area contributed by atoms with Crippen LogP contribution in [0.3, 0.4) is 0 Å². The summed E-state index contributed by atoms with van der Waals surface area (Å²) >= 11 is 1.74. The van der Waals surface area contributed by atoms with Crippen molar-refractivity contribution < 1.29 is 0 Å². The largest absolute Gasteiger partial charge is 0.323 e. The molecule has 0 aliphatic carbocycles. The number of hydrogen-bond acceptors (Lipinski definition) is 3. The van der Waals surface area contributed by atoms with E-state index in [9.17, 15) is 0 Å². The third-order valence-electron chi connectivity index (χ3n) is 2.94. The molecule has 4 heteroatoms. The maximum Gasteiger partial charge on any atom is 0.0597 e. The molecular formula is C13H19N3S. The van der Waals surface area contributed by atoms with Gasteiger partial charge in [0.1, 0.15) is 0 Å². The molecule has 0 fully saturated rings. The number of rotatable bonds is 5. The highest BCUT2D eigenvalue weighted by Gasteiger charge is 2.12. The lowest BCUT2D eigenvalue weighted by Gasteiger charge is -2.12. The van der Waals surface area contributed by atoms with Gasteiger partial charge in [-0.1, -0.05) is 0 Å². The molecule has 0 saturated carbocycles. The van der Waals surface area contributed by atoms with E-state index in [4.69, 9.17) is 5.73 Å². The van der Waals surface area contributed by atoms with Crippen LogP contribution in [-0.4, -0.2) is 9.78 Å². The highest BCUT2D eigenvalue weighted by molar-refractivity contribution is 7.07. The third kappa shape index (κ3) is 2.96. The molecule has 2 heterocycles. The maximum absolute atomic E-state index is 6.24. The minimum absolute atomic E-state index is 0.0797. The standard InChI is InChI=1S/C13H19N3S/c1-3-16-13(8-10(2)15-16)12(14)5-4-11-6-7-17-9-11/h6-9,12H,3-5,14H2,1-2H3. The van der Waals surface area contributed by atoms with Gasteiger partial charge in [0, 0.05) is 12.6 Å². The molecule has 0 amide bonds. The summed E-state index contributed by atoms with van der Waals surface area (Å²) in [5.74, 6) is 0. The second-order valence-electron chi connectivity index (χ2n) is 4.30. The Bertz CT molecular complexity index is 459. The van der Waals surface area contributed by atoms with Gasteiger partial charge in [0.05, 0.1) is 11.4 Å². The maximum atomic E-state index is 6.24. The first-order valence-electron chi connectivity index (χ1n) is 6.01. The summed E-state index contributed by atoms with van der Waals surface area (Å²) in [5.41, 5.74) is 9.83. The Labute approximate surface area is 106 Å². The number of thiophene rings is 1. The summed E-state index contributed by atoms with van der Waals surface area (Å²) in [6, 6.07) is 4.35. The van der Waals surface area contributed by atoms with Gasteiger partial charge in [-0.25, -0.2) is 0 Å². The smallest absolute Gasteiger partial charge is 0.0597 e. The van der Waals surface area contributed by atoms with Crippen LogP contribution >= 0.6 is 11.3 Å². The molecule has 2 N–H and O–H groups in total. The first kappa shape index (κ1) is 12.3. The van der Waals surface area contributed by atoms with Crippen LogP contribution < -0.4 is 5.73 Å². The fourth-order valence-corrected chi connectivity index (χ4v) is 2.73. The predicted molar refractivity (Wildman–Crippen MR) is 72.2 cm³/mol. The molecule has 0 aliphatic rings. The number of nitrogens with two attached hydrogens (primary N) is 1. The average molecular weight is 249 g/mol. The van der Waals surface area contributed by atoms with Gasteiger partial charge in [0.25, 0.3) is 0 Å². The monoisotopic (exact) mass is 249 g/mol. The van der Waals surface area contributed by atoms with Crippen LogP contribution in [0.1, 0.15) is 36.3 Å². The lowest BCUT2D eigenvalue weighted by molar-refractivity contribution is 0.546. The first-order chi connectivity index (χ1) is 8.20. The molecule has 1 unspecified atom stereocenters. The van der Waals surface area contributed by atoms with E-state index in [2.05, 4.69) is 34.9 Å². The number of nitrogens with zero attached hydrogens (tertiary/aromatic N) is 2. The molecule has 2 aromatic heterocycles. The Morgan fingerprint density at radius 3 is 3.00 bits per heavy atom. The fourth-order valence-electron chi connectivity index (χ4n) is 2.02. The summed E-state index contributed by atoms with van der Waals surface area (Å²) in [4.78, 5) is 0. The number of hydrogen-bond donors (Lipinski definition) is 1. The van der Waals surface area contributed by atoms with Gasteiger partial charge in [0.2, 0.25) is 0 Å². The minimum Gasteiger partial charge on any atom is -0.323 e. The molecule has 3 nitrogen and oxygen atoms in total. The van der Waals surface area contributed by atoms with E-state index in [0.717, 1.165) is 30.8 Å². The SMILES string of the molecule is CCn1nc(C)cc1C(N)CCc1ccsc1. The van der Waals surface area contributed by atoms with Crippen molar-refractivity contribution in [3.63, 3.8) is 0 Å². The van der Waals surface area contributed by atoms with Crippen LogP contribution in [-0.2, 0) is 13.0 Å². The van der Waals surface area contributed by atoms with E-state index >= 15 is 0 Å². The zero-order chi connectivity index (χ0) is 12.3. The summed E-state index contributed by atoms with van der Waals surface area (Å²) in [7, 11) is 0. The van der Waals surface area contributed by atoms with E-state index in [1.807, 2.05) is 11.6 Å². The summed E-state index contributed by atoms with van der Waals surface area (Å²) in [6.07, 6.45) is 2.01. The molecule has 17 heavy (non-hydrogen) atoms. The van der Waals surface area contributed by atoms with Crippen LogP contribution in [0.15, 0.2) is 22.9 Å². The fraction of sp³-hybridized carbons (Fsp3) is 0.462. The third-order valence-corrected chi connectivity index (χ3v) is 3.67. The number of aryl methyl sites for hydroxylation is 3. The van der Waals surface area contributed by atoms with Crippen LogP contribution in [0.2, 0.25) is 0 Å². The van der Waals surface area contributed by atoms with Gasteiger partial charge in [-0.2, -0.15) is 16.4 Å². The molecule has 0 radical (unpaired) electrons. The van der Waals surface area contributed by atoms with Crippen molar-refractivity contribution in [1.29, 1.82) is 0 Å². The van der Waals surface area contributed by atoms with Crippen molar-refractivity contribution in [3.05, 3.63) is 39.8 Å². The van der Waals surface area contributed by atoms with Gasteiger partial charge in [0.15, 0.2) is 0 Å². The van der Waals surface area contributed by atoms with Crippen molar-refractivity contribution in [2.24, 2.45) is 5.73 Å². The normalized spacial score (nSPS) is 12.9. The average Bonchev–Trinajstić information content (AvgIpc) is 2.94. The quantitative estimate of drug-likeness (QED) is 0.885. The summed E-state index contributed by atoms with van der Waals surface area (Å²) in [5, 5.41) is 8.74. The molecule has 0 aromatic carbocycles. The molecule has 0 spiro atoms. The Morgan fingerprint density at radius 2 is 2.35 bits per heavy atom. The molecule has 0 aliphatic heterocycles. The van der Waals surface area contributed by atoms with Crippen LogP contribution in [0.5, 0.6) is 0 Å². The lowest BCUT2D eigenvalue weighted by atomic mass is 10.1. The molecule has 0 saturated heterocycles. The van der Waals surface area contributed by atoms with E-state index in [1.165, 1.54) is 5.56 Å². The Morgan fingerprint density at radius 1 is 1.53 bits per heavy atom.